The first-order chi connectivity index (χ1) is 39.2. The number of hydrazine groups is 2. The number of nitrogens with zero attached hydrogens (tertiary/aromatic N) is 6. The number of rotatable bonds is 36. The van der Waals surface area contributed by atoms with Crippen LogP contribution in [0.1, 0.15) is 31.8 Å². The second kappa shape index (κ2) is 32.0. The molecule has 83 heavy (non-hydrogen) atoms. The number of nitrogens with one attached hydrogen (secondary N) is 4. The quantitative estimate of drug-likeness (QED) is 0.0202. The summed E-state index contributed by atoms with van der Waals surface area (Å²) < 4.78 is 0. The molecule has 32 heteroatoms. The normalized spacial score (nSPS) is 11.3. The summed E-state index contributed by atoms with van der Waals surface area (Å²) in [6.45, 7) is -8.30. The number of carbonyl (C=O) groups excluding carboxylic acids is 4. The molecular formula is C51H62N10O22. The van der Waals surface area contributed by atoms with Gasteiger partial charge in [0.05, 0.1) is 76.6 Å². The van der Waals surface area contributed by atoms with E-state index in [0.717, 1.165) is 19.6 Å². The summed E-state index contributed by atoms with van der Waals surface area (Å²) in [5.74, 6) is -16.0. The Balaban J connectivity index is 1.51. The second-order valence-corrected chi connectivity index (χ2v) is 18.7. The number of hydrogen-bond acceptors (Lipinski definition) is 20. The number of phenols is 2. The number of amides is 4. The third-order valence-corrected chi connectivity index (χ3v) is 12.3. The fourth-order valence-electron chi connectivity index (χ4n) is 8.63. The SMILES string of the molecule is O=C(O)CN(CCN(CC(=O)O)CC(=O)O)CCN(CC(=O)O)CC(=O)NNC(=O)c1cc2ccccc2c(Cc2c(O)c(C(=O)NNC(=O)CN(CCN(CCN(CC(=O)O)CC(=O)O)CC(=O)O)CC(=O)O)cc3ccccc23)c1O. The van der Waals surface area contributed by atoms with E-state index in [-0.39, 0.29) is 69.9 Å². The summed E-state index contributed by atoms with van der Waals surface area (Å²) >= 11 is 0. The maximum absolute atomic E-state index is 13.8. The standard InChI is InChI=1S/C51H62N10O22/c62-38(20-58(24-42(68)69)13-9-56(22-40(64)65)11-15-60(26-44(72)73)27-45(74)75)52-54-50(82)36-17-30-5-1-3-7-32(30)34(48(36)80)19-35-33-8-4-2-6-31(33)18-37(49(35)81)51(83)55-53-39(63)21-59(25-43(70)71)14-10-57(23-41(66)67)12-16-61(28-46(76)77)29-47(78)79/h1-8,17-18,80-81H,9-16,19-29H2,(H,52,62)(H,53,63)(H,54,82)(H,55,83)(H,64,65)(H,66,67)(H,68,69)(H,70,71)(H,72,73)(H,74,75)(H,76,77)(H,78,79). The predicted octanol–water partition coefficient (Wildman–Crippen LogP) is -2.99. The Bertz CT molecular complexity index is 2850. The van der Waals surface area contributed by atoms with Crippen molar-refractivity contribution in [3.63, 3.8) is 0 Å². The van der Waals surface area contributed by atoms with Crippen molar-refractivity contribution in [1.82, 2.24) is 51.1 Å². The van der Waals surface area contributed by atoms with Crippen LogP contribution in [-0.4, -0.2) is 270 Å². The molecule has 0 heterocycles. The van der Waals surface area contributed by atoms with E-state index in [2.05, 4.69) is 21.7 Å². The molecule has 4 amide bonds. The lowest BCUT2D eigenvalue weighted by molar-refractivity contribution is -0.144. The molecule has 0 aliphatic rings. The first-order valence-corrected chi connectivity index (χ1v) is 24.9. The van der Waals surface area contributed by atoms with Crippen molar-refractivity contribution in [2.24, 2.45) is 0 Å². The molecule has 4 aromatic carbocycles. The summed E-state index contributed by atoms with van der Waals surface area (Å²) in [7, 11) is 0. The van der Waals surface area contributed by atoms with Gasteiger partial charge in [0.25, 0.3) is 23.6 Å². The molecular weight excluding hydrogens is 1100 g/mol. The van der Waals surface area contributed by atoms with Crippen molar-refractivity contribution in [2.75, 3.05) is 118 Å². The highest BCUT2D eigenvalue weighted by atomic mass is 16.4. The summed E-state index contributed by atoms with van der Waals surface area (Å²) in [5, 5.41) is 99.9. The summed E-state index contributed by atoms with van der Waals surface area (Å²) in [6, 6.07) is 15.5. The van der Waals surface area contributed by atoms with E-state index in [9.17, 15) is 88.2 Å². The number of carboxylic acids is 8. The molecule has 0 saturated heterocycles. The minimum atomic E-state index is -1.39. The monoisotopic (exact) mass is 1170 g/mol. The third kappa shape index (κ3) is 22.5. The van der Waals surface area contributed by atoms with Crippen molar-refractivity contribution in [3.8, 4) is 11.5 Å². The van der Waals surface area contributed by atoms with E-state index in [4.69, 9.17) is 20.4 Å². The van der Waals surface area contributed by atoms with Gasteiger partial charge in [-0.1, -0.05) is 48.5 Å². The number of carbonyl (C=O) groups is 12. The summed E-state index contributed by atoms with van der Waals surface area (Å²) in [4.78, 5) is 153. The molecule has 0 aromatic heterocycles. The summed E-state index contributed by atoms with van der Waals surface area (Å²) in [5.41, 5.74) is 7.94. The highest BCUT2D eigenvalue weighted by Crippen LogP contribution is 2.39. The average Bonchev–Trinajstić information content (AvgIpc) is 2.42. The molecule has 4 aromatic rings. The van der Waals surface area contributed by atoms with Crippen molar-refractivity contribution >= 4 is 92.9 Å². The van der Waals surface area contributed by atoms with E-state index in [1.165, 1.54) is 21.9 Å². The molecule has 0 atom stereocenters. The molecule has 0 bridgehead atoms. The zero-order valence-corrected chi connectivity index (χ0v) is 44.3. The van der Waals surface area contributed by atoms with Crippen LogP contribution in [-0.2, 0) is 54.4 Å². The zero-order chi connectivity index (χ0) is 61.5. The first kappa shape index (κ1) is 65.9. The predicted molar refractivity (Wildman–Crippen MR) is 285 cm³/mol. The van der Waals surface area contributed by atoms with Crippen molar-refractivity contribution in [3.05, 3.63) is 82.9 Å². The van der Waals surface area contributed by atoms with Gasteiger partial charge in [-0.15, -0.1) is 0 Å². The maximum Gasteiger partial charge on any atom is 0.317 e. The lowest BCUT2D eigenvalue weighted by Crippen LogP contribution is -2.49. The lowest BCUT2D eigenvalue weighted by atomic mass is 9.90. The minimum absolute atomic E-state index is 0.0526. The molecule has 0 aliphatic carbocycles. The topological polar surface area (TPSA) is 475 Å². The Morgan fingerprint density at radius 2 is 0.566 bits per heavy atom. The Hall–Kier alpha value is -9.60. The number of aromatic hydroxyl groups is 2. The van der Waals surface area contributed by atoms with E-state index in [0.29, 0.717) is 21.5 Å². The molecule has 32 nitrogen and oxygen atoms in total. The van der Waals surface area contributed by atoms with Gasteiger partial charge < -0.3 is 51.1 Å². The van der Waals surface area contributed by atoms with Crippen LogP contribution in [0, 0.1) is 0 Å². The Kier molecular flexibility index (Phi) is 25.4. The lowest BCUT2D eigenvalue weighted by Gasteiger charge is -2.27. The molecule has 4 rings (SSSR count). The molecule has 14 N–H and O–H groups in total. The van der Waals surface area contributed by atoms with Gasteiger partial charge in [0.15, 0.2) is 0 Å². The highest BCUT2D eigenvalue weighted by molar-refractivity contribution is 6.06. The minimum Gasteiger partial charge on any atom is -0.507 e. The molecule has 0 unspecified atom stereocenters. The smallest absolute Gasteiger partial charge is 0.317 e. The number of fused-ring (bicyclic) bond motifs is 2. The van der Waals surface area contributed by atoms with Crippen molar-refractivity contribution in [2.45, 2.75) is 6.42 Å². The summed E-state index contributed by atoms with van der Waals surface area (Å²) in [6.07, 6.45) is -0.361. The van der Waals surface area contributed by atoms with Crippen LogP contribution in [0.25, 0.3) is 21.5 Å². The van der Waals surface area contributed by atoms with Crippen LogP contribution in [0.5, 0.6) is 11.5 Å². The van der Waals surface area contributed by atoms with Crippen molar-refractivity contribution in [1.29, 1.82) is 0 Å². The number of hydrogen-bond donors (Lipinski definition) is 14. The Morgan fingerprint density at radius 1 is 0.325 bits per heavy atom. The Labute approximate surface area is 470 Å². The van der Waals surface area contributed by atoms with E-state index in [1.807, 2.05) is 0 Å². The van der Waals surface area contributed by atoms with E-state index in [1.54, 1.807) is 48.5 Å². The van der Waals surface area contributed by atoms with Crippen LogP contribution in [0.2, 0.25) is 0 Å². The van der Waals surface area contributed by atoms with Crippen molar-refractivity contribution < 1.29 is 109 Å². The van der Waals surface area contributed by atoms with Gasteiger partial charge in [-0.25, -0.2) is 0 Å². The largest absolute Gasteiger partial charge is 0.507 e. The number of carboxylic acid groups (broad SMARTS) is 8. The fraction of sp³-hybridized carbons (Fsp3) is 0.373. The van der Waals surface area contributed by atoms with Gasteiger partial charge >= 0.3 is 47.8 Å². The molecule has 448 valence electrons. The van der Waals surface area contributed by atoms with E-state index >= 15 is 0 Å². The van der Waals surface area contributed by atoms with Crippen LogP contribution in [0.3, 0.4) is 0 Å². The van der Waals surface area contributed by atoms with Gasteiger partial charge in [-0.05, 0) is 33.7 Å². The van der Waals surface area contributed by atoms with Crippen LogP contribution < -0.4 is 21.7 Å². The average molecular weight is 1170 g/mol. The molecule has 0 spiro atoms. The van der Waals surface area contributed by atoms with E-state index < -0.39 is 159 Å². The molecule has 0 radical (unpaired) electrons. The van der Waals surface area contributed by atoms with Crippen LogP contribution in [0.4, 0.5) is 0 Å². The molecule has 0 fully saturated rings. The van der Waals surface area contributed by atoms with Crippen LogP contribution >= 0.6 is 0 Å². The van der Waals surface area contributed by atoms with Gasteiger partial charge in [-0.3, -0.25) is 109 Å². The second-order valence-electron chi connectivity index (χ2n) is 18.7. The third-order valence-electron chi connectivity index (χ3n) is 12.3. The number of phenolic OH excluding ortho intramolecular Hbond substituents is 2. The Morgan fingerprint density at radius 3 is 0.843 bits per heavy atom. The fourth-order valence-corrected chi connectivity index (χ4v) is 8.63. The van der Waals surface area contributed by atoms with Gasteiger partial charge in [0.1, 0.15) is 11.5 Å². The number of benzene rings is 4. The highest BCUT2D eigenvalue weighted by Gasteiger charge is 2.26. The van der Waals surface area contributed by atoms with Gasteiger partial charge in [-0.2, -0.15) is 0 Å². The zero-order valence-electron chi connectivity index (χ0n) is 44.3. The maximum atomic E-state index is 13.8. The first-order valence-electron chi connectivity index (χ1n) is 24.9. The molecule has 0 saturated carbocycles. The van der Waals surface area contributed by atoms with Gasteiger partial charge in [0, 0.05) is 69.9 Å². The van der Waals surface area contributed by atoms with Crippen LogP contribution in [0.15, 0.2) is 60.7 Å². The molecule has 0 aliphatic heterocycles. The number of aliphatic carboxylic acids is 8. The van der Waals surface area contributed by atoms with Gasteiger partial charge in [0.2, 0.25) is 0 Å².